The SMILES string of the molecule is CC(=O)NS(=O)(=O)c1nc(Cl)ccc1O[C@H](C)c1cc(C)cc2c(=O)n(C)c(N3Cc4ccc(F)cc4C3)nc12. The molecule has 1 atom stereocenters. The molecule has 208 valence electrons. The third-order valence-corrected chi connectivity index (χ3v) is 8.14. The van der Waals surface area contributed by atoms with Crippen molar-refractivity contribution in [3.63, 3.8) is 0 Å². The molecule has 0 fully saturated rings. The third kappa shape index (κ3) is 5.11. The summed E-state index contributed by atoms with van der Waals surface area (Å²) in [6.45, 7) is 5.40. The van der Waals surface area contributed by atoms with E-state index >= 15 is 0 Å². The van der Waals surface area contributed by atoms with E-state index in [2.05, 4.69) is 4.98 Å². The zero-order valence-electron chi connectivity index (χ0n) is 22.0. The molecule has 0 spiro atoms. The average molecular weight is 586 g/mol. The summed E-state index contributed by atoms with van der Waals surface area (Å²) >= 11 is 5.95. The highest BCUT2D eigenvalue weighted by Crippen LogP contribution is 2.33. The van der Waals surface area contributed by atoms with E-state index in [4.69, 9.17) is 21.3 Å². The topological polar surface area (TPSA) is 123 Å². The van der Waals surface area contributed by atoms with Gasteiger partial charge >= 0.3 is 0 Å². The van der Waals surface area contributed by atoms with Crippen LogP contribution in [0.2, 0.25) is 5.15 Å². The minimum absolute atomic E-state index is 0.105. The molecule has 4 aromatic rings. The smallest absolute Gasteiger partial charge is 0.285 e. The quantitative estimate of drug-likeness (QED) is 0.338. The lowest BCUT2D eigenvalue weighted by atomic mass is 10.0. The van der Waals surface area contributed by atoms with Crippen molar-refractivity contribution in [1.82, 2.24) is 19.3 Å². The van der Waals surface area contributed by atoms with E-state index in [0.717, 1.165) is 23.6 Å². The number of carbonyl (C=O) groups excluding carboxylic acids is 1. The Balaban J connectivity index is 1.59. The van der Waals surface area contributed by atoms with Crippen LogP contribution in [0.3, 0.4) is 0 Å². The van der Waals surface area contributed by atoms with E-state index < -0.39 is 27.1 Å². The highest BCUT2D eigenvalue weighted by molar-refractivity contribution is 7.90. The summed E-state index contributed by atoms with van der Waals surface area (Å²) in [5.74, 6) is -0.874. The van der Waals surface area contributed by atoms with Crippen LogP contribution >= 0.6 is 11.6 Å². The maximum atomic E-state index is 13.8. The number of nitrogens with zero attached hydrogens (tertiary/aromatic N) is 4. The first-order valence-electron chi connectivity index (χ1n) is 12.2. The molecule has 2 aromatic heterocycles. The molecule has 1 amide bonds. The summed E-state index contributed by atoms with van der Waals surface area (Å²) in [5, 5.41) is -0.295. The first kappa shape index (κ1) is 27.5. The highest BCUT2D eigenvalue weighted by Gasteiger charge is 2.28. The van der Waals surface area contributed by atoms with E-state index in [1.165, 1.54) is 28.8 Å². The molecule has 1 N–H and O–H groups in total. The number of hydrogen-bond acceptors (Lipinski definition) is 8. The van der Waals surface area contributed by atoms with Gasteiger partial charge in [-0.15, -0.1) is 0 Å². The van der Waals surface area contributed by atoms with Gasteiger partial charge in [-0.05, 0) is 60.9 Å². The number of aryl methyl sites for hydroxylation is 1. The second kappa shape index (κ2) is 10.2. The van der Waals surface area contributed by atoms with Gasteiger partial charge in [0.25, 0.3) is 15.6 Å². The molecule has 5 rings (SSSR count). The molecule has 0 saturated carbocycles. The Hall–Kier alpha value is -4.03. The number of amides is 1. The summed E-state index contributed by atoms with van der Waals surface area (Å²) in [6, 6.07) is 10.9. The number of benzene rings is 2. The lowest BCUT2D eigenvalue weighted by molar-refractivity contribution is -0.117. The fourth-order valence-electron chi connectivity index (χ4n) is 4.82. The first-order valence-corrected chi connectivity index (χ1v) is 14.1. The molecule has 0 saturated heterocycles. The normalized spacial score (nSPS) is 13.8. The molecule has 0 aliphatic carbocycles. The molecule has 2 aromatic carbocycles. The maximum Gasteiger partial charge on any atom is 0.285 e. The van der Waals surface area contributed by atoms with Crippen LogP contribution in [0.4, 0.5) is 10.3 Å². The Morgan fingerprint density at radius 1 is 1.12 bits per heavy atom. The monoisotopic (exact) mass is 585 g/mol. The number of nitrogens with one attached hydrogen (secondary N) is 1. The van der Waals surface area contributed by atoms with Crippen molar-refractivity contribution in [1.29, 1.82) is 0 Å². The van der Waals surface area contributed by atoms with Crippen LogP contribution in [0, 0.1) is 12.7 Å². The number of sulfonamides is 1. The molecular weight excluding hydrogens is 561 g/mol. The van der Waals surface area contributed by atoms with Gasteiger partial charge in [-0.25, -0.2) is 19.1 Å². The van der Waals surface area contributed by atoms with Crippen molar-refractivity contribution in [2.75, 3.05) is 4.90 Å². The van der Waals surface area contributed by atoms with Gasteiger partial charge in [0.1, 0.15) is 17.1 Å². The summed E-state index contributed by atoms with van der Waals surface area (Å²) in [7, 11) is -2.74. The Morgan fingerprint density at radius 3 is 2.58 bits per heavy atom. The number of fused-ring (bicyclic) bond motifs is 2. The average Bonchev–Trinajstić information content (AvgIpc) is 3.29. The third-order valence-electron chi connectivity index (χ3n) is 6.57. The van der Waals surface area contributed by atoms with Crippen LogP contribution < -0.4 is 19.9 Å². The minimum atomic E-state index is -4.37. The molecule has 40 heavy (non-hydrogen) atoms. The second-order valence-electron chi connectivity index (χ2n) is 9.65. The molecule has 13 heteroatoms. The van der Waals surface area contributed by atoms with Crippen molar-refractivity contribution < 1.29 is 22.3 Å². The molecule has 3 heterocycles. The van der Waals surface area contributed by atoms with Gasteiger partial charge in [-0.2, -0.15) is 8.42 Å². The second-order valence-corrected chi connectivity index (χ2v) is 11.6. The van der Waals surface area contributed by atoms with E-state index in [9.17, 15) is 22.4 Å². The number of hydrogen-bond donors (Lipinski definition) is 1. The predicted octanol–water partition coefficient (Wildman–Crippen LogP) is 3.91. The van der Waals surface area contributed by atoms with Crippen molar-refractivity contribution in [2.45, 2.75) is 45.0 Å². The summed E-state index contributed by atoms with van der Waals surface area (Å²) < 4.78 is 48.7. The zero-order valence-corrected chi connectivity index (χ0v) is 23.6. The molecule has 0 unspecified atom stereocenters. The van der Waals surface area contributed by atoms with E-state index in [-0.39, 0.29) is 22.3 Å². The van der Waals surface area contributed by atoms with Crippen LogP contribution in [0.1, 0.15) is 42.2 Å². The number of pyridine rings is 1. The first-order chi connectivity index (χ1) is 18.8. The van der Waals surface area contributed by atoms with E-state index in [1.54, 1.807) is 26.1 Å². The van der Waals surface area contributed by atoms with Crippen LogP contribution in [0.5, 0.6) is 5.75 Å². The van der Waals surface area contributed by atoms with E-state index in [0.29, 0.717) is 35.5 Å². The highest BCUT2D eigenvalue weighted by atomic mass is 35.5. The fraction of sp³-hybridized carbons (Fsp3) is 0.259. The van der Waals surface area contributed by atoms with Gasteiger partial charge in [0.15, 0.2) is 5.75 Å². The lowest BCUT2D eigenvalue weighted by Crippen LogP contribution is -2.29. The van der Waals surface area contributed by atoms with Gasteiger partial charge in [-0.3, -0.25) is 14.2 Å². The van der Waals surface area contributed by atoms with E-state index in [1.807, 2.05) is 22.6 Å². The van der Waals surface area contributed by atoms with Crippen molar-refractivity contribution >= 4 is 44.4 Å². The molecule has 1 aliphatic rings. The summed E-state index contributed by atoms with van der Waals surface area (Å²) in [6.07, 6.45) is -0.797. The van der Waals surface area contributed by atoms with Crippen LogP contribution in [0.15, 0.2) is 52.3 Å². The molecule has 0 bridgehead atoms. The lowest BCUT2D eigenvalue weighted by Gasteiger charge is -2.23. The van der Waals surface area contributed by atoms with Gasteiger partial charge < -0.3 is 9.64 Å². The van der Waals surface area contributed by atoms with Gasteiger partial charge in [0, 0.05) is 32.6 Å². The number of aromatic nitrogens is 3. The van der Waals surface area contributed by atoms with Crippen LogP contribution in [0.25, 0.3) is 10.9 Å². The van der Waals surface area contributed by atoms with Gasteiger partial charge in [0.2, 0.25) is 16.9 Å². The minimum Gasteiger partial charge on any atom is -0.483 e. The molecule has 10 nitrogen and oxygen atoms in total. The number of anilines is 1. The zero-order chi connectivity index (χ0) is 28.9. The van der Waals surface area contributed by atoms with Gasteiger partial charge in [0.05, 0.1) is 10.9 Å². The van der Waals surface area contributed by atoms with Crippen LogP contribution in [-0.2, 0) is 35.0 Å². The number of halogens is 2. The Morgan fingerprint density at radius 2 is 1.85 bits per heavy atom. The number of carbonyl (C=O) groups is 1. The Labute approximate surface area is 234 Å². The number of rotatable bonds is 6. The van der Waals surface area contributed by atoms with Gasteiger partial charge in [-0.1, -0.05) is 23.7 Å². The predicted molar refractivity (Wildman–Crippen MR) is 147 cm³/mol. The largest absolute Gasteiger partial charge is 0.483 e. The van der Waals surface area contributed by atoms with Crippen molar-refractivity contribution in [3.05, 3.63) is 86.0 Å². The standard InChI is InChI=1S/C27H25ClFN5O5S/c1-14-9-20(15(2)39-22-7-8-23(28)30-25(22)40(37,38)32-16(3)35)24-21(10-14)26(36)33(4)27(31-24)34-12-17-5-6-19(29)11-18(17)13-34/h5-11,15H,12-13H2,1-4H3,(H,32,35)/t15-/m1/s1. The van der Waals surface area contributed by atoms with Crippen molar-refractivity contribution in [3.8, 4) is 5.75 Å². The fourth-order valence-corrected chi connectivity index (χ4v) is 6.09. The molecular formula is C27H25ClFN5O5S. The Bertz CT molecular complexity index is 1860. The van der Waals surface area contributed by atoms with Crippen LogP contribution in [-0.4, -0.2) is 28.9 Å². The maximum absolute atomic E-state index is 13.8. The number of ether oxygens (including phenoxy) is 1. The summed E-state index contributed by atoms with van der Waals surface area (Å²) in [5.41, 5.74) is 3.18. The molecule has 1 aliphatic heterocycles. The summed E-state index contributed by atoms with van der Waals surface area (Å²) in [4.78, 5) is 35.6. The van der Waals surface area contributed by atoms with Crippen molar-refractivity contribution in [2.24, 2.45) is 7.05 Å². The molecule has 0 radical (unpaired) electrons. The Kier molecular flexibility index (Phi) is 7.01.